The third kappa shape index (κ3) is 5.34. The molecule has 3 aromatic carbocycles. The van der Waals surface area contributed by atoms with Gasteiger partial charge in [-0.05, 0) is 54.3 Å². The molecule has 2 amide bonds. The molecule has 160 valence electrons. The van der Waals surface area contributed by atoms with Crippen LogP contribution >= 0.6 is 0 Å². The average molecular weight is 418 g/mol. The average Bonchev–Trinajstić information content (AvgIpc) is 3.60. The van der Waals surface area contributed by atoms with Crippen LogP contribution in [0.4, 0.5) is 5.69 Å². The Kier molecular flexibility index (Phi) is 6.36. The minimum atomic E-state index is -0.323. The number of carbonyl (C=O) groups excluding carboxylic acids is 2. The Morgan fingerprint density at radius 1 is 0.935 bits per heavy atom. The molecule has 6 nitrogen and oxygen atoms in total. The van der Waals surface area contributed by atoms with Crippen molar-refractivity contribution in [3.05, 3.63) is 66.2 Å². The highest BCUT2D eigenvalue weighted by molar-refractivity contribution is 6.09. The molecule has 0 saturated heterocycles. The number of benzene rings is 3. The lowest BCUT2D eigenvalue weighted by Crippen LogP contribution is -2.30. The summed E-state index contributed by atoms with van der Waals surface area (Å²) in [6.07, 6.45) is 2.89. The van der Waals surface area contributed by atoms with Crippen LogP contribution in [-0.2, 0) is 4.79 Å². The van der Waals surface area contributed by atoms with E-state index in [1.54, 1.807) is 18.2 Å². The Labute approximate surface area is 181 Å². The summed E-state index contributed by atoms with van der Waals surface area (Å²) < 4.78 is 11.5. The third-order valence-corrected chi connectivity index (χ3v) is 4.99. The van der Waals surface area contributed by atoms with Gasteiger partial charge < -0.3 is 20.1 Å². The quantitative estimate of drug-likeness (QED) is 0.535. The summed E-state index contributed by atoms with van der Waals surface area (Å²) in [6, 6.07) is 18.9. The predicted molar refractivity (Wildman–Crippen MR) is 121 cm³/mol. The first kappa shape index (κ1) is 20.7. The maximum atomic E-state index is 13.2. The zero-order valence-corrected chi connectivity index (χ0v) is 17.5. The van der Waals surface area contributed by atoms with Gasteiger partial charge in [0, 0.05) is 6.04 Å². The highest BCUT2D eigenvalue weighted by atomic mass is 16.5. The molecule has 6 heteroatoms. The lowest BCUT2D eigenvalue weighted by atomic mass is 10.1. The van der Waals surface area contributed by atoms with Gasteiger partial charge in [0.25, 0.3) is 11.8 Å². The normalized spacial score (nSPS) is 12.9. The van der Waals surface area contributed by atoms with Crippen molar-refractivity contribution in [2.75, 3.05) is 18.5 Å². The second-order valence-electron chi connectivity index (χ2n) is 7.62. The smallest absolute Gasteiger partial charge is 0.259 e. The van der Waals surface area contributed by atoms with Gasteiger partial charge in [0.15, 0.2) is 6.61 Å². The number of carbonyl (C=O) groups is 2. The van der Waals surface area contributed by atoms with Crippen LogP contribution in [0.5, 0.6) is 11.5 Å². The maximum Gasteiger partial charge on any atom is 0.259 e. The monoisotopic (exact) mass is 418 g/mol. The number of rotatable bonds is 9. The van der Waals surface area contributed by atoms with Crippen molar-refractivity contribution in [2.24, 2.45) is 0 Å². The molecular formula is C25H26N2O4. The molecule has 4 rings (SSSR count). The minimum absolute atomic E-state index is 0.134. The Balaban J connectivity index is 1.58. The number of para-hydroxylation sites is 2. The molecule has 1 fully saturated rings. The molecular weight excluding hydrogens is 392 g/mol. The van der Waals surface area contributed by atoms with Gasteiger partial charge in [-0.2, -0.15) is 0 Å². The van der Waals surface area contributed by atoms with Gasteiger partial charge >= 0.3 is 0 Å². The topological polar surface area (TPSA) is 76.7 Å². The molecule has 3 aromatic rings. The van der Waals surface area contributed by atoms with E-state index in [1.165, 1.54) is 0 Å². The van der Waals surface area contributed by atoms with Crippen molar-refractivity contribution in [3.8, 4) is 11.5 Å². The highest BCUT2D eigenvalue weighted by Gasteiger charge is 2.24. The second kappa shape index (κ2) is 9.51. The second-order valence-corrected chi connectivity index (χ2v) is 7.62. The lowest BCUT2D eigenvalue weighted by molar-refractivity contribution is -0.123. The Morgan fingerprint density at radius 2 is 1.65 bits per heavy atom. The summed E-state index contributed by atoms with van der Waals surface area (Å²) in [4.78, 5) is 25.3. The van der Waals surface area contributed by atoms with Crippen LogP contribution in [-0.4, -0.2) is 31.1 Å². The van der Waals surface area contributed by atoms with E-state index in [1.807, 2.05) is 49.4 Å². The SMILES string of the molecule is CCCOc1ccccc1NC(=O)c1cc2ccccc2cc1OCC(=O)NC1CC1. The number of nitrogens with one attached hydrogen (secondary N) is 2. The van der Waals surface area contributed by atoms with Gasteiger partial charge in [-0.15, -0.1) is 0 Å². The standard InChI is InChI=1S/C25H26N2O4/c1-2-13-30-22-10-6-5-9-21(22)27-25(29)20-14-17-7-3-4-8-18(17)15-23(20)31-16-24(28)26-19-11-12-19/h3-10,14-15,19H,2,11-13,16H2,1H3,(H,26,28)(H,27,29). The molecule has 0 radical (unpaired) electrons. The molecule has 31 heavy (non-hydrogen) atoms. The molecule has 0 heterocycles. The first-order valence-electron chi connectivity index (χ1n) is 10.6. The zero-order chi connectivity index (χ0) is 21.6. The van der Waals surface area contributed by atoms with E-state index in [2.05, 4.69) is 10.6 Å². The molecule has 0 spiro atoms. The Hall–Kier alpha value is -3.54. The Bertz CT molecular complexity index is 1090. The van der Waals surface area contributed by atoms with Crippen molar-refractivity contribution in [1.82, 2.24) is 5.32 Å². The number of amides is 2. The van der Waals surface area contributed by atoms with Crippen molar-refractivity contribution in [2.45, 2.75) is 32.2 Å². The van der Waals surface area contributed by atoms with Gasteiger partial charge in [-0.1, -0.05) is 43.3 Å². The molecule has 0 aromatic heterocycles. The summed E-state index contributed by atoms with van der Waals surface area (Å²) >= 11 is 0. The van der Waals surface area contributed by atoms with E-state index < -0.39 is 0 Å². The largest absolute Gasteiger partial charge is 0.491 e. The van der Waals surface area contributed by atoms with Crippen LogP contribution in [0.25, 0.3) is 10.8 Å². The highest BCUT2D eigenvalue weighted by Crippen LogP contribution is 2.29. The van der Waals surface area contributed by atoms with Crippen LogP contribution in [0.1, 0.15) is 36.5 Å². The summed E-state index contributed by atoms with van der Waals surface area (Å²) in [5.74, 6) is 0.482. The van der Waals surface area contributed by atoms with Crippen LogP contribution < -0.4 is 20.1 Å². The van der Waals surface area contributed by atoms with Crippen molar-refractivity contribution in [1.29, 1.82) is 0 Å². The molecule has 1 aliphatic rings. The molecule has 1 saturated carbocycles. The van der Waals surface area contributed by atoms with E-state index in [4.69, 9.17) is 9.47 Å². The third-order valence-electron chi connectivity index (χ3n) is 4.99. The van der Waals surface area contributed by atoms with E-state index in [9.17, 15) is 9.59 Å². The van der Waals surface area contributed by atoms with Gasteiger partial charge in [0.1, 0.15) is 11.5 Å². The Morgan fingerprint density at radius 3 is 2.39 bits per heavy atom. The van der Waals surface area contributed by atoms with E-state index in [-0.39, 0.29) is 24.5 Å². The van der Waals surface area contributed by atoms with Crippen molar-refractivity contribution in [3.63, 3.8) is 0 Å². The fourth-order valence-corrected chi connectivity index (χ4v) is 3.25. The van der Waals surface area contributed by atoms with Gasteiger partial charge in [0.2, 0.25) is 0 Å². The fraction of sp³-hybridized carbons (Fsp3) is 0.280. The molecule has 0 unspecified atom stereocenters. The summed E-state index contributed by atoms with van der Waals surface area (Å²) in [5, 5.41) is 7.67. The van der Waals surface area contributed by atoms with Crippen LogP contribution in [0, 0.1) is 0 Å². The number of hydrogen-bond donors (Lipinski definition) is 2. The van der Waals surface area contributed by atoms with Crippen LogP contribution in [0.3, 0.4) is 0 Å². The number of ether oxygens (including phenoxy) is 2. The zero-order valence-electron chi connectivity index (χ0n) is 17.5. The minimum Gasteiger partial charge on any atom is -0.491 e. The molecule has 0 atom stereocenters. The molecule has 1 aliphatic carbocycles. The summed E-state index contributed by atoms with van der Waals surface area (Å²) in [5.41, 5.74) is 0.953. The van der Waals surface area contributed by atoms with Crippen molar-refractivity contribution < 1.29 is 19.1 Å². The van der Waals surface area contributed by atoms with Crippen molar-refractivity contribution >= 4 is 28.3 Å². The summed E-state index contributed by atoms with van der Waals surface area (Å²) in [7, 11) is 0. The van der Waals surface area contributed by atoms with Crippen LogP contribution in [0.15, 0.2) is 60.7 Å². The predicted octanol–water partition coefficient (Wildman–Crippen LogP) is 4.54. The number of fused-ring (bicyclic) bond motifs is 1. The fourth-order valence-electron chi connectivity index (χ4n) is 3.25. The van der Waals surface area contributed by atoms with Gasteiger partial charge in [-0.3, -0.25) is 9.59 Å². The van der Waals surface area contributed by atoms with E-state index in [0.29, 0.717) is 29.4 Å². The number of hydrogen-bond acceptors (Lipinski definition) is 4. The molecule has 0 bridgehead atoms. The lowest BCUT2D eigenvalue weighted by Gasteiger charge is -2.15. The van der Waals surface area contributed by atoms with Gasteiger partial charge in [0.05, 0.1) is 17.9 Å². The molecule has 0 aliphatic heterocycles. The van der Waals surface area contributed by atoms with E-state index >= 15 is 0 Å². The van der Waals surface area contributed by atoms with Crippen LogP contribution in [0.2, 0.25) is 0 Å². The number of anilines is 1. The first-order valence-corrected chi connectivity index (χ1v) is 10.6. The summed E-state index contributed by atoms with van der Waals surface area (Å²) in [6.45, 7) is 2.46. The van der Waals surface area contributed by atoms with Gasteiger partial charge in [-0.25, -0.2) is 0 Å². The molecule has 2 N–H and O–H groups in total. The van der Waals surface area contributed by atoms with E-state index in [0.717, 1.165) is 30.0 Å². The maximum absolute atomic E-state index is 13.2. The first-order chi connectivity index (χ1) is 15.1.